The maximum atomic E-state index is 12.7. The van der Waals surface area contributed by atoms with Gasteiger partial charge in [-0.05, 0) is 70.5 Å². The van der Waals surface area contributed by atoms with Crippen LogP contribution < -0.4 is 19.7 Å². The molecule has 1 saturated heterocycles. The molecule has 11 heteroatoms. The molecule has 1 amide bonds. The van der Waals surface area contributed by atoms with E-state index in [4.69, 9.17) is 19.2 Å². The van der Waals surface area contributed by atoms with Crippen molar-refractivity contribution in [2.24, 2.45) is 0 Å². The Morgan fingerprint density at radius 2 is 1.93 bits per heavy atom. The standard InChI is InChI=1S/C30H33N7O4/c1-18-12-20(7-9-24(18)40-22-8-6-19(2)31-14-22)34-27-26-23(32-17-33-27)13-25-28(35-26)37-11-10-36(15-21(37)16-39-25)29(38)41-30(3,4)5/h6-9,12-14,17,21H,10-11,15-16H2,1-5H3,(H,32,33,34)/t21-/m0/s1. The van der Waals surface area contributed by atoms with Crippen LogP contribution in [-0.4, -0.2) is 68.8 Å². The number of aryl methyl sites for hydroxylation is 2. The number of nitrogens with zero attached hydrogens (tertiary/aromatic N) is 6. The predicted molar refractivity (Wildman–Crippen MR) is 155 cm³/mol. The maximum absolute atomic E-state index is 12.7. The molecular formula is C30H33N7O4. The maximum Gasteiger partial charge on any atom is 0.410 e. The molecule has 0 radical (unpaired) electrons. The highest BCUT2D eigenvalue weighted by molar-refractivity contribution is 5.90. The molecule has 2 aliphatic heterocycles. The number of piperazine rings is 1. The smallest absolute Gasteiger partial charge is 0.410 e. The first-order valence-corrected chi connectivity index (χ1v) is 13.6. The fourth-order valence-electron chi connectivity index (χ4n) is 4.94. The van der Waals surface area contributed by atoms with Gasteiger partial charge in [0, 0.05) is 37.1 Å². The predicted octanol–water partition coefficient (Wildman–Crippen LogP) is 5.39. The van der Waals surface area contributed by atoms with Crippen molar-refractivity contribution >= 4 is 34.4 Å². The summed E-state index contributed by atoms with van der Waals surface area (Å²) in [6, 6.07) is 11.5. The summed E-state index contributed by atoms with van der Waals surface area (Å²) in [6.45, 7) is 11.6. The van der Waals surface area contributed by atoms with Crippen LogP contribution in [0.1, 0.15) is 32.0 Å². The molecule has 41 heavy (non-hydrogen) atoms. The average Bonchev–Trinajstić information content (AvgIpc) is 2.93. The van der Waals surface area contributed by atoms with Gasteiger partial charge in [-0.2, -0.15) is 0 Å². The number of rotatable bonds is 4. The second kappa shape index (κ2) is 10.4. The number of pyridine rings is 2. The molecule has 5 heterocycles. The van der Waals surface area contributed by atoms with Crippen molar-refractivity contribution in [1.82, 2.24) is 24.8 Å². The van der Waals surface area contributed by atoms with E-state index in [9.17, 15) is 4.79 Å². The first-order valence-electron chi connectivity index (χ1n) is 13.6. The lowest BCUT2D eigenvalue weighted by Gasteiger charge is -2.44. The van der Waals surface area contributed by atoms with E-state index in [1.807, 2.05) is 71.0 Å². The number of ether oxygens (including phenoxy) is 3. The Labute approximate surface area is 238 Å². The van der Waals surface area contributed by atoms with Gasteiger partial charge in [-0.1, -0.05) is 0 Å². The second-order valence-corrected chi connectivity index (χ2v) is 11.3. The van der Waals surface area contributed by atoms with Crippen LogP contribution in [0.4, 0.5) is 22.1 Å². The zero-order valence-electron chi connectivity index (χ0n) is 23.8. The number of fused-ring (bicyclic) bond motifs is 4. The van der Waals surface area contributed by atoms with E-state index in [1.165, 1.54) is 6.33 Å². The Hall–Kier alpha value is -4.67. The Balaban J connectivity index is 1.23. The Morgan fingerprint density at radius 3 is 2.68 bits per heavy atom. The van der Waals surface area contributed by atoms with E-state index in [0.717, 1.165) is 28.5 Å². The highest BCUT2D eigenvalue weighted by Gasteiger charge is 2.37. The lowest BCUT2D eigenvalue weighted by atomic mass is 10.1. The minimum Gasteiger partial charge on any atom is -0.487 e. The van der Waals surface area contributed by atoms with Gasteiger partial charge >= 0.3 is 6.09 Å². The molecule has 0 saturated carbocycles. The molecule has 2 aliphatic rings. The van der Waals surface area contributed by atoms with Gasteiger partial charge in [0.25, 0.3) is 0 Å². The van der Waals surface area contributed by atoms with Gasteiger partial charge in [-0.25, -0.2) is 19.7 Å². The summed E-state index contributed by atoms with van der Waals surface area (Å²) in [5, 5.41) is 3.40. The summed E-state index contributed by atoms with van der Waals surface area (Å²) in [4.78, 5) is 34.8. The lowest BCUT2D eigenvalue weighted by molar-refractivity contribution is 0.0194. The van der Waals surface area contributed by atoms with Crippen LogP contribution in [-0.2, 0) is 4.74 Å². The summed E-state index contributed by atoms with van der Waals surface area (Å²) in [5.41, 5.74) is 3.50. The van der Waals surface area contributed by atoms with Crippen LogP contribution in [0.25, 0.3) is 11.0 Å². The molecule has 0 spiro atoms. The number of amides is 1. The Bertz CT molecular complexity index is 1600. The SMILES string of the molecule is Cc1ccc(Oc2ccc(Nc3ncnc4cc5c(nc34)N3CCN(C(=O)OC(C)(C)C)C[C@H]3CO5)cc2C)cn1. The van der Waals surface area contributed by atoms with Gasteiger partial charge in [0.2, 0.25) is 0 Å². The highest BCUT2D eigenvalue weighted by Crippen LogP contribution is 2.37. The molecule has 0 unspecified atom stereocenters. The molecule has 212 valence electrons. The molecule has 1 fully saturated rings. The van der Waals surface area contributed by atoms with Crippen molar-refractivity contribution in [2.45, 2.75) is 46.3 Å². The van der Waals surface area contributed by atoms with Gasteiger partial charge in [0.1, 0.15) is 35.6 Å². The average molecular weight is 556 g/mol. The van der Waals surface area contributed by atoms with Crippen molar-refractivity contribution in [3.8, 4) is 17.2 Å². The number of nitrogens with one attached hydrogen (secondary N) is 1. The van der Waals surface area contributed by atoms with Gasteiger partial charge in [-0.15, -0.1) is 0 Å². The second-order valence-electron chi connectivity index (χ2n) is 11.3. The van der Waals surface area contributed by atoms with E-state index >= 15 is 0 Å². The van der Waals surface area contributed by atoms with Crippen molar-refractivity contribution < 1.29 is 19.0 Å². The topological polar surface area (TPSA) is 115 Å². The van der Waals surface area contributed by atoms with Crippen LogP contribution in [0.5, 0.6) is 17.2 Å². The number of aromatic nitrogens is 4. The number of benzene rings is 1. The van der Waals surface area contributed by atoms with Crippen molar-refractivity contribution in [2.75, 3.05) is 36.5 Å². The third kappa shape index (κ3) is 5.65. The first-order chi connectivity index (χ1) is 19.6. The third-order valence-electron chi connectivity index (χ3n) is 6.94. The van der Waals surface area contributed by atoms with Gasteiger partial charge in [0.05, 0.1) is 17.8 Å². The Morgan fingerprint density at radius 1 is 1.07 bits per heavy atom. The summed E-state index contributed by atoms with van der Waals surface area (Å²) in [5.74, 6) is 3.41. The molecule has 3 aromatic heterocycles. The number of carbonyl (C=O) groups is 1. The number of hydrogen-bond acceptors (Lipinski definition) is 10. The monoisotopic (exact) mass is 555 g/mol. The van der Waals surface area contributed by atoms with Gasteiger partial charge in [-0.3, -0.25) is 4.98 Å². The van der Waals surface area contributed by atoms with Gasteiger partial charge in [0.15, 0.2) is 17.4 Å². The molecule has 1 aromatic carbocycles. The van der Waals surface area contributed by atoms with Crippen molar-refractivity contribution in [1.29, 1.82) is 0 Å². The number of carbonyl (C=O) groups excluding carboxylic acids is 1. The minimum atomic E-state index is -0.543. The summed E-state index contributed by atoms with van der Waals surface area (Å²) in [6.07, 6.45) is 2.92. The highest BCUT2D eigenvalue weighted by atomic mass is 16.6. The summed E-state index contributed by atoms with van der Waals surface area (Å²) >= 11 is 0. The van der Waals surface area contributed by atoms with E-state index in [-0.39, 0.29) is 12.1 Å². The molecule has 0 aliphatic carbocycles. The van der Waals surface area contributed by atoms with Crippen LogP contribution >= 0.6 is 0 Å². The van der Waals surface area contributed by atoms with Crippen molar-refractivity contribution in [3.63, 3.8) is 0 Å². The first kappa shape index (κ1) is 26.5. The fourth-order valence-corrected chi connectivity index (χ4v) is 4.94. The van der Waals surface area contributed by atoms with Crippen LogP contribution in [0.2, 0.25) is 0 Å². The van der Waals surface area contributed by atoms with Crippen LogP contribution in [0.15, 0.2) is 48.9 Å². The minimum absolute atomic E-state index is 0.0336. The number of hydrogen-bond donors (Lipinski definition) is 1. The lowest BCUT2D eigenvalue weighted by Crippen LogP contribution is -2.59. The quantitative estimate of drug-likeness (QED) is 0.351. The van der Waals surface area contributed by atoms with Crippen LogP contribution in [0, 0.1) is 13.8 Å². The number of anilines is 3. The summed E-state index contributed by atoms with van der Waals surface area (Å²) in [7, 11) is 0. The largest absolute Gasteiger partial charge is 0.487 e. The molecular weight excluding hydrogens is 522 g/mol. The van der Waals surface area contributed by atoms with Crippen LogP contribution in [0.3, 0.4) is 0 Å². The zero-order chi connectivity index (χ0) is 28.7. The molecule has 1 atom stereocenters. The normalized spacial score (nSPS) is 16.5. The molecule has 6 rings (SSSR count). The molecule has 0 bridgehead atoms. The zero-order valence-corrected chi connectivity index (χ0v) is 23.8. The van der Waals surface area contributed by atoms with E-state index < -0.39 is 5.60 Å². The van der Waals surface area contributed by atoms with E-state index in [1.54, 1.807) is 11.1 Å². The van der Waals surface area contributed by atoms with Gasteiger partial charge < -0.3 is 29.3 Å². The molecule has 11 nitrogen and oxygen atoms in total. The third-order valence-corrected chi connectivity index (χ3v) is 6.94. The van der Waals surface area contributed by atoms with E-state index in [2.05, 4.69) is 25.2 Å². The Kier molecular flexibility index (Phi) is 6.72. The molecule has 1 N–H and O–H groups in total. The summed E-state index contributed by atoms with van der Waals surface area (Å²) < 4.78 is 17.7. The fraction of sp³-hybridized carbons (Fsp3) is 0.367. The van der Waals surface area contributed by atoms with E-state index in [0.29, 0.717) is 54.6 Å². The van der Waals surface area contributed by atoms with Crippen molar-refractivity contribution in [3.05, 3.63) is 60.2 Å². The molecule has 4 aromatic rings.